The molecule has 1 aromatic heterocycles. The summed E-state index contributed by atoms with van der Waals surface area (Å²) in [6.45, 7) is 0. The number of nitrogens with one attached hydrogen (secondary N) is 1. The summed E-state index contributed by atoms with van der Waals surface area (Å²) < 4.78 is 20.9. The molecule has 1 atom stereocenters. The van der Waals surface area contributed by atoms with E-state index in [2.05, 4.69) is 10.6 Å². The summed E-state index contributed by atoms with van der Waals surface area (Å²) in [6, 6.07) is 10.4. The molecule has 4 rings (SSSR count). The first-order valence-electron chi connectivity index (χ1n) is 8.49. The molecule has 0 fully saturated rings. The van der Waals surface area contributed by atoms with Gasteiger partial charge in [-0.25, -0.2) is 13.9 Å². The van der Waals surface area contributed by atoms with Crippen molar-refractivity contribution in [2.24, 2.45) is 0 Å². The van der Waals surface area contributed by atoms with E-state index in [9.17, 15) is 9.18 Å². The fourth-order valence-electron chi connectivity index (χ4n) is 3.09. The zero-order valence-corrected chi connectivity index (χ0v) is 16.5. The van der Waals surface area contributed by atoms with Crippen LogP contribution in [-0.2, 0) is 14.4 Å². The van der Waals surface area contributed by atoms with E-state index in [0.29, 0.717) is 10.6 Å². The first-order chi connectivity index (χ1) is 14.0. The van der Waals surface area contributed by atoms with Crippen LogP contribution in [0, 0.1) is 5.82 Å². The second kappa shape index (κ2) is 7.87. The molecule has 1 aliphatic heterocycles. The normalized spacial score (nSPS) is 16.1. The summed E-state index contributed by atoms with van der Waals surface area (Å²) in [5, 5.41) is 5.00. The molecule has 3 aromatic rings. The van der Waals surface area contributed by atoms with E-state index in [-0.39, 0.29) is 21.9 Å². The number of hydrogen-bond acceptors (Lipinski definition) is 5. The van der Waals surface area contributed by atoms with Gasteiger partial charge in [0.25, 0.3) is 0 Å². The molecule has 2 aromatic carbocycles. The van der Waals surface area contributed by atoms with E-state index < -0.39 is 17.8 Å². The van der Waals surface area contributed by atoms with E-state index >= 15 is 0 Å². The minimum atomic E-state index is -0.944. The Kier molecular flexibility index (Phi) is 5.27. The Balaban J connectivity index is 1.80. The molecule has 0 amide bonds. The van der Waals surface area contributed by atoms with Gasteiger partial charge >= 0.3 is 5.97 Å². The highest BCUT2D eigenvalue weighted by atomic mass is 35.5. The number of esters is 1. The molecule has 29 heavy (non-hydrogen) atoms. The third kappa shape index (κ3) is 3.60. The van der Waals surface area contributed by atoms with Gasteiger partial charge < -0.3 is 9.57 Å². The molecule has 0 bridgehead atoms. The van der Waals surface area contributed by atoms with Gasteiger partial charge in [0.05, 0.1) is 24.6 Å². The van der Waals surface area contributed by atoms with Gasteiger partial charge in [-0.2, -0.15) is 5.10 Å². The molecule has 1 unspecified atom stereocenters. The van der Waals surface area contributed by atoms with Crippen LogP contribution in [0.15, 0.2) is 60.4 Å². The standard InChI is InChI=1S/C20H14Cl2FN3O3/c1-28-20(27)17-18(16-14(22)6-3-7-15(16)23)25-29-19(17)11-9-24-26(10-11)13-5-2-4-12(21)8-13/h2-10,18,25H,1H3. The lowest BCUT2D eigenvalue weighted by Gasteiger charge is -2.14. The Labute approximate surface area is 175 Å². The van der Waals surface area contributed by atoms with Gasteiger partial charge in [0.15, 0.2) is 5.76 Å². The molecular weight excluding hydrogens is 420 g/mol. The van der Waals surface area contributed by atoms with Crippen molar-refractivity contribution in [3.05, 3.63) is 87.4 Å². The molecular formula is C20H14Cl2FN3O3. The van der Waals surface area contributed by atoms with E-state index in [1.165, 1.54) is 31.5 Å². The van der Waals surface area contributed by atoms with Crippen LogP contribution in [0.2, 0.25) is 10.0 Å². The Bertz CT molecular complexity index is 1110. The molecule has 0 radical (unpaired) electrons. The Morgan fingerprint density at radius 2 is 2.07 bits per heavy atom. The van der Waals surface area contributed by atoms with E-state index in [1.54, 1.807) is 29.1 Å². The second-order valence-corrected chi connectivity index (χ2v) is 7.02. The third-order valence-corrected chi connectivity index (χ3v) is 4.99. The number of rotatable bonds is 4. The minimum absolute atomic E-state index is 0.0881. The van der Waals surface area contributed by atoms with Gasteiger partial charge in [-0.05, 0) is 30.3 Å². The number of carbonyl (C=O) groups is 1. The number of hydrogen-bond donors (Lipinski definition) is 1. The van der Waals surface area contributed by atoms with Crippen LogP contribution >= 0.6 is 23.2 Å². The lowest BCUT2D eigenvalue weighted by Crippen LogP contribution is -2.21. The fraction of sp³-hybridized carbons (Fsp3) is 0.100. The van der Waals surface area contributed by atoms with Crippen molar-refractivity contribution >= 4 is 34.9 Å². The predicted octanol–water partition coefficient (Wildman–Crippen LogP) is 4.48. The number of methoxy groups -OCH3 is 1. The van der Waals surface area contributed by atoms with Crippen molar-refractivity contribution < 1.29 is 18.8 Å². The molecule has 0 saturated carbocycles. The molecule has 9 heteroatoms. The van der Waals surface area contributed by atoms with Crippen LogP contribution in [0.3, 0.4) is 0 Å². The average molecular weight is 434 g/mol. The predicted molar refractivity (Wildman–Crippen MR) is 106 cm³/mol. The molecule has 1 aliphatic rings. The number of halogens is 3. The fourth-order valence-corrected chi connectivity index (χ4v) is 3.54. The van der Waals surface area contributed by atoms with Gasteiger partial charge in [0.1, 0.15) is 17.4 Å². The quantitative estimate of drug-likeness (QED) is 0.614. The monoisotopic (exact) mass is 433 g/mol. The number of ether oxygens (including phenoxy) is 1. The smallest absolute Gasteiger partial charge is 0.339 e. The van der Waals surface area contributed by atoms with Gasteiger partial charge in [-0.1, -0.05) is 35.3 Å². The maximum atomic E-state index is 14.5. The number of hydroxylamine groups is 1. The van der Waals surface area contributed by atoms with Crippen LogP contribution in [0.4, 0.5) is 4.39 Å². The van der Waals surface area contributed by atoms with Crippen molar-refractivity contribution in [2.75, 3.05) is 7.11 Å². The maximum absolute atomic E-state index is 14.5. The SMILES string of the molecule is COC(=O)C1=C(c2cnn(-c3cccc(Cl)c3)c2)ONC1c1c(F)cccc1Cl. The summed E-state index contributed by atoms with van der Waals surface area (Å²) >= 11 is 12.2. The second-order valence-electron chi connectivity index (χ2n) is 6.18. The molecule has 0 aliphatic carbocycles. The molecule has 148 valence electrons. The maximum Gasteiger partial charge on any atom is 0.339 e. The van der Waals surface area contributed by atoms with Crippen LogP contribution in [0.5, 0.6) is 0 Å². The van der Waals surface area contributed by atoms with Crippen LogP contribution in [0.25, 0.3) is 11.4 Å². The van der Waals surface area contributed by atoms with Gasteiger partial charge in [-0.15, -0.1) is 5.48 Å². The summed E-state index contributed by atoms with van der Waals surface area (Å²) in [4.78, 5) is 18.1. The van der Waals surface area contributed by atoms with Gasteiger partial charge in [0.2, 0.25) is 0 Å². The topological polar surface area (TPSA) is 65.4 Å². The highest BCUT2D eigenvalue weighted by Crippen LogP contribution is 2.39. The molecule has 0 spiro atoms. The number of benzene rings is 2. The molecule has 0 saturated heterocycles. The van der Waals surface area contributed by atoms with Gasteiger partial charge in [0, 0.05) is 21.8 Å². The lowest BCUT2D eigenvalue weighted by molar-refractivity contribution is -0.136. The van der Waals surface area contributed by atoms with Crippen molar-refractivity contribution in [3.63, 3.8) is 0 Å². The largest absolute Gasteiger partial charge is 0.465 e. The van der Waals surface area contributed by atoms with Crippen LogP contribution in [0.1, 0.15) is 17.2 Å². The highest BCUT2D eigenvalue weighted by Gasteiger charge is 2.38. The number of carbonyl (C=O) groups excluding carboxylic acids is 1. The summed E-state index contributed by atoms with van der Waals surface area (Å²) in [7, 11) is 1.24. The van der Waals surface area contributed by atoms with E-state index in [0.717, 1.165) is 5.69 Å². The first kappa shape index (κ1) is 19.4. The van der Waals surface area contributed by atoms with E-state index in [4.69, 9.17) is 32.8 Å². The number of aromatic nitrogens is 2. The Hall–Kier alpha value is -2.87. The summed E-state index contributed by atoms with van der Waals surface area (Å²) in [5.74, 6) is -1.07. The van der Waals surface area contributed by atoms with Gasteiger partial charge in [-0.3, -0.25) is 0 Å². The van der Waals surface area contributed by atoms with Crippen molar-refractivity contribution in [3.8, 4) is 5.69 Å². The third-order valence-electron chi connectivity index (χ3n) is 4.42. The van der Waals surface area contributed by atoms with Crippen LogP contribution < -0.4 is 5.48 Å². The lowest BCUT2D eigenvalue weighted by atomic mass is 9.97. The average Bonchev–Trinajstić information content (AvgIpc) is 3.34. The molecule has 6 nitrogen and oxygen atoms in total. The highest BCUT2D eigenvalue weighted by molar-refractivity contribution is 6.31. The Morgan fingerprint density at radius 3 is 2.79 bits per heavy atom. The number of nitrogens with zero attached hydrogens (tertiary/aromatic N) is 2. The molecule has 1 N–H and O–H groups in total. The summed E-state index contributed by atoms with van der Waals surface area (Å²) in [5.41, 5.74) is 4.07. The minimum Gasteiger partial charge on any atom is -0.465 e. The Morgan fingerprint density at radius 1 is 1.28 bits per heavy atom. The van der Waals surface area contributed by atoms with Crippen LogP contribution in [-0.4, -0.2) is 22.9 Å². The van der Waals surface area contributed by atoms with Crippen molar-refractivity contribution in [1.29, 1.82) is 0 Å². The first-order valence-corrected chi connectivity index (χ1v) is 9.25. The molecule has 2 heterocycles. The zero-order chi connectivity index (χ0) is 20.5. The zero-order valence-electron chi connectivity index (χ0n) is 15.0. The summed E-state index contributed by atoms with van der Waals surface area (Å²) in [6.07, 6.45) is 3.18. The van der Waals surface area contributed by atoms with Crippen molar-refractivity contribution in [1.82, 2.24) is 15.3 Å². The van der Waals surface area contributed by atoms with E-state index in [1.807, 2.05) is 6.07 Å². The van der Waals surface area contributed by atoms with Crippen molar-refractivity contribution in [2.45, 2.75) is 6.04 Å².